The van der Waals surface area contributed by atoms with Gasteiger partial charge in [0.25, 0.3) is 0 Å². The van der Waals surface area contributed by atoms with Crippen LogP contribution in [0.1, 0.15) is 16.1 Å². The Hall–Kier alpha value is -1.72. The second-order valence-electron chi connectivity index (χ2n) is 4.92. The van der Waals surface area contributed by atoms with Crippen LogP contribution in [0.15, 0.2) is 35.7 Å². The van der Waals surface area contributed by atoms with Gasteiger partial charge in [-0.1, -0.05) is 30.3 Å². The average molecular weight is 287 g/mol. The summed E-state index contributed by atoms with van der Waals surface area (Å²) in [4.78, 5) is 19.7. The van der Waals surface area contributed by atoms with Crippen LogP contribution in [0.2, 0.25) is 0 Å². The molecule has 5 heteroatoms. The summed E-state index contributed by atoms with van der Waals surface area (Å²) in [6.45, 7) is 5.01. The number of benzene rings is 1. The summed E-state index contributed by atoms with van der Waals surface area (Å²) in [5.74, 6) is 0. The van der Waals surface area contributed by atoms with Gasteiger partial charge in [-0.15, -0.1) is 11.3 Å². The van der Waals surface area contributed by atoms with Crippen LogP contribution >= 0.6 is 11.3 Å². The summed E-state index contributed by atoms with van der Waals surface area (Å²) in [5.41, 5.74) is 1.90. The van der Waals surface area contributed by atoms with Crippen LogP contribution < -0.4 is 4.90 Å². The van der Waals surface area contributed by atoms with Crippen molar-refractivity contribution in [1.82, 2.24) is 9.88 Å². The van der Waals surface area contributed by atoms with E-state index < -0.39 is 0 Å². The van der Waals surface area contributed by atoms with Gasteiger partial charge in [-0.25, -0.2) is 4.98 Å². The molecule has 0 bridgehead atoms. The number of anilines is 1. The Morgan fingerprint density at radius 3 is 2.55 bits per heavy atom. The predicted molar refractivity (Wildman–Crippen MR) is 81.4 cm³/mol. The van der Waals surface area contributed by atoms with Crippen molar-refractivity contribution in [1.29, 1.82) is 0 Å². The molecule has 0 unspecified atom stereocenters. The molecule has 1 saturated heterocycles. The molecule has 1 aliphatic rings. The minimum Gasteiger partial charge on any atom is -0.346 e. The number of thiazole rings is 1. The lowest BCUT2D eigenvalue weighted by Crippen LogP contribution is -2.45. The number of aldehydes is 1. The minimum atomic E-state index is 0.539. The number of rotatable bonds is 4. The molecule has 104 valence electrons. The van der Waals surface area contributed by atoms with E-state index in [2.05, 4.69) is 45.1 Å². The van der Waals surface area contributed by atoms with E-state index in [1.807, 2.05) is 5.38 Å². The fourth-order valence-electron chi connectivity index (χ4n) is 2.41. The van der Waals surface area contributed by atoms with Gasteiger partial charge in [-0.3, -0.25) is 9.69 Å². The van der Waals surface area contributed by atoms with Gasteiger partial charge >= 0.3 is 0 Å². The molecule has 2 heterocycles. The number of hydrogen-bond acceptors (Lipinski definition) is 5. The molecule has 1 aromatic heterocycles. The lowest BCUT2D eigenvalue weighted by atomic mass is 10.2. The maximum atomic E-state index is 10.7. The molecule has 0 radical (unpaired) electrons. The molecular formula is C15H17N3OS. The Labute approximate surface area is 122 Å². The monoisotopic (exact) mass is 287 g/mol. The fourth-order valence-corrected chi connectivity index (χ4v) is 3.24. The van der Waals surface area contributed by atoms with Crippen molar-refractivity contribution in [3.63, 3.8) is 0 Å². The number of hydrogen-bond donors (Lipinski definition) is 0. The molecule has 20 heavy (non-hydrogen) atoms. The molecule has 1 aliphatic heterocycles. The first-order valence-corrected chi connectivity index (χ1v) is 7.65. The second-order valence-corrected chi connectivity index (χ2v) is 5.76. The van der Waals surface area contributed by atoms with E-state index in [0.717, 1.165) is 44.1 Å². The maximum absolute atomic E-state index is 10.7. The maximum Gasteiger partial charge on any atom is 0.186 e. The fraction of sp³-hybridized carbons (Fsp3) is 0.333. The summed E-state index contributed by atoms with van der Waals surface area (Å²) >= 11 is 1.55. The highest BCUT2D eigenvalue weighted by Crippen LogP contribution is 2.21. The molecule has 0 N–H and O–H groups in total. The van der Waals surface area contributed by atoms with Crippen LogP contribution in [0.4, 0.5) is 5.13 Å². The van der Waals surface area contributed by atoms with E-state index in [1.165, 1.54) is 5.56 Å². The van der Waals surface area contributed by atoms with Crippen LogP contribution in [0.25, 0.3) is 0 Å². The van der Waals surface area contributed by atoms with Crippen LogP contribution in [-0.4, -0.2) is 42.3 Å². The van der Waals surface area contributed by atoms with Crippen LogP contribution in [0.3, 0.4) is 0 Å². The van der Waals surface area contributed by atoms with Gasteiger partial charge in [-0.2, -0.15) is 0 Å². The Morgan fingerprint density at radius 1 is 1.15 bits per heavy atom. The zero-order valence-corrected chi connectivity index (χ0v) is 12.1. The quantitative estimate of drug-likeness (QED) is 0.808. The smallest absolute Gasteiger partial charge is 0.186 e. The molecule has 1 fully saturated rings. The van der Waals surface area contributed by atoms with Crippen LogP contribution in [0, 0.1) is 0 Å². The van der Waals surface area contributed by atoms with E-state index in [4.69, 9.17) is 0 Å². The van der Waals surface area contributed by atoms with E-state index in [0.29, 0.717) is 5.69 Å². The van der Waals surface area contributed by atoms with Crippen molar-refractivity contribution >= 4 is 22.8 Å². The third-order valence-corrected chi connectivity index (χ3v) is 4.44. The molecule has 0 atom stereocenters. The van der Waals surface area contributed by atoms with E-state index in [1.54, 1.807) is 11.3 Å². The van der Waals surface area contributed by atoms with Gasteiger partial charge < -0.3 is 4.90 Å². The molecule has 2 aromatic rings. The van der Waals surface area contributed by atoms with E-state index in [9.17, 15) is 4.79 Å². The van der Waals surface area contributed by atoms with Crippen molar-refractivity contribution in [2.75, 3.05) is 31.1 Å². The average Bonchev–Trinajstić information content (AvgIpc) is 2.98. The summed E-state index contributed by atoms with van der Waals surface area (Å²) in [6.07, 6.45) is 0.811. The topological polar surface area (TPSA) is 36.4 Å². The number of carbonyl (C=O) groups excluding carboxylic acids is 1. The highest BCUT2D eigenvalue weighted by Gasteiger charge is 2.19. The van der Waals surface area contributed by atoms with Crippen molar-refractivity contribution in [2.24, 2.45) is 0 Å². The highest BCUT2D eigenvalue weighted by molar-refractivity contribution is 7.13. The number of piperazine rings is 1. The number of nitrogens with zero attached hydrogens (tertiary/aromatic N) is 3. The second kappa shape index (κ2) is 6.15. The summed E-state index contributed by atoms with van der Waals surface area (Å²) < 4.78 is 0. The van der Waals surface area contributed by atoms with E-state index in [-0.39, 0.29) is 0 Å². The highest BCUT2D eigenvalue weighted by atomic mass is 32.1. The first kappa shape index (κ1) is 13.3. The molecular weight excluding hydrogens is 270 g/mol. The van der Waals surface area contributed by atoms with Crippen molar-refractivity contribution in [3.05, 3.63) is 47.0 Å². The van der Waals surface area contributed by atoms with Crippen molar-refractivity contribution < 1.29 is 4.79 Å². The van der Waals surface area contributed by atoms with Crippen molar-refractivity contribution in [3.8, 4) is 0 Å². The Morgan fingerprint density at radius 2 is 1.90 bits per heavy atom. The Bertz CT molecular complexity index is 562. The molecule has 0 amide bonds. The number of aromatic nitrogens is 1. The predicted octanol–water partition coefficient (Wildman–Crippen LogP) is 2.28. The van der Waals surface area contributed by atoms with Gasteiger partial charge in [0.15, 0.2) is 11.4 Å². The summed E-state index contributed by atoms with van der Waals surface area (Å²) in [6, 6.07) is 10.6. The van der Waals surface area contributed by atoms with Crippen molar-refractivity contribution in [2.45, 2.75) is 6.54 Å². The Kier molecular flexibility index (Phi) is 4.08. The standard InChI is InChI=1S/C15H17N3OS/c19-11-14-12-20-15(16-14)18-8-6-17(7-9-18)10-13-4-2-1-3-5-13/h1-5,11-12H,6-10H2. The molecule has 0 saturated carbocycles. The van der Waals surface area contributed by atoms with Gasteiger partial charge in [0.05, 0.1) is 0 Å². The van der Waals surface area contributed by atoms with Gasteiger partial charge in [-0.05, 0) is 5.56 Å². The minimum absolute atomic E-state index is 0.539. The normalized spacial score (nSPS) is 16.3. The lowest BCUT2D eigenvalue weighted by Gasteiger charge is -2.34. The van der Waals surface area contributed by atoms with Gasteiger partial charge in [0.2, 0.25) is 0 Å². The molecule has 0 spiro atoms. The molecule has 0 aliphatic carbocycles. The molecule has 4 nitrogen and oxygen atoms in total. The largest absolute Gasteiger partial charge is 0.346 e. The Balaban J connectivity index is 1.55. The first-order valence-electron chi connectivity index (χ1n) is 6.77. The van der Waals surface area contributed by atoms with Gasteiger partial charge in [0, 0.05) is 38.1 Å². The third-order valence-electron chi connectivity index (χ3n) is 3.52. The first-order chi connectivity index (χ1) is 9.85. The SMILES string of the molecule is O=Cc1csc(N2CCN(Cc3ccccc3)CC2)n1. The van der Waals surface area contributed by atoms with Crippen LogP contribution in [-0.2, 0) is 6.54 Å². The summed E-state index contributed by atoms with van der Waals surface area (Å²) in [5, 5.41) is 2.78. The van der Waals surface area contributed by atoms with Crippen LogP contribution in [0.5, 0.6) is 0 Å². The zero-order chi connectivity index (χ0) is 13.8. The molecule has 3 rings (SSSR count). The summed E-state index contributed by atoms with van der Waals surface area (Å²) in [7, 11) is 0. The van der Waals surface area contributed by atoms with E-state index >= 15 is 0 Å². The van der Waals surface area contributed by atoms with Gasteiger partial charge in [0.1, 0.15) is 5.69 Å². The zero-order valence-electron chi connectivity index (χ0n) is 11.2. The number of carbonyl (C=O) groups is 1. The molecule has 1 aromatic carbocycles. The third kappa shape index (κ3) is 3.05. The lowest BCUT2D eigenvalue weighted by molar-refractivity contribution is 0.111.